The summed E-state index contributed by atoms with van der Waals surface area (Å²) in [5.41, 5.74) is 6.97. The summed E-state index contributed by atoms with van der Waals surface area (Å²) in [7, 11) is 0. The van der Waals surface area contributed by atoms with Gasteiger partial charge in [0, 0.05) is 0 Å². The molecule has 1 aliphatic rings. The Morgan fingerprint density at radius 2 is 2.33 bits per heavy atom. The van der Waals surface area contributed by atoms with Crippen LogP contribution in [0.5, 0.6) is 5.75 Å². The van der Waals surface area contributed by atoms with Crippen LogP contribution in [0.25, 0.3) is 0 Å². The maximum Gasteiger partial charge on any atom is 0.136 e. The normalized spacial score (nSPS) is 20.3. The first-order valence-electron chi connectivity index (χ1n) is 5.44. The Morgan fingerprint density at radius 3 is 3.13 bits per heavy atom. The molecule has 1 aromatic rings. The molecule has 1 aromatic carbocycles. The van der Waals surface area contributed by atoms with E-state index >= 15 is 0 Å². The molecule has 0 aliphatic carbocycles. The van der Waals surface area contributed by atoms with Gasteiger partial charge >= 0.3 is 0 Å². The molecule has 15 heavy (non-hydrogen) atoms. The van der Waals surface area contributed by atoms with Gasteiger partial charge in [-0.2, -0.15) is 0 Å². The lowest BCUT2D eigenvalue weighted by atomic mass is 9.91. The summed E-state index contributed by atoms with van der Waals surface area (Å²) in [6.07, 6.45) is 3.35. The molecule has 0 saturated heterocycles. The van der Waals surface area contributed by atoms with Gasteiger partial charge in [-0.15, -0.1) is 0 Å². The maximum absolute atomic E-state index is 5.77. The van der Waals surface area contributed by atoms with Crippen molar-refractivity contribution in [3.05, 3.63) is 28.2 Å². The van der Waals surface area contributed by atoms with Crippen LogP contribution >= 0.6 is 15.9 Å². The Kier molecular flexibility index (Phi) is 3.65. The van der Waals surface area contributed by atoms with Crippen molar-refractivity contribution in [1.82, 2.24) is 0 Å². The van der Waals surface area contributed by atoms with Gasteiger partial charge in [-0.1, -0.05) is 12.1 Å². The smallest absolute Gasteiger partial charge is 0.136 e. The van der Waals surface area contributed by atoms with Crippen molar-refractivity contribution in [1.29, 1.82) is 0 Å². The second-order valence-electron chi connectivity index (χ2n) is 3.92. The molecule has 0 radical (unpaired) electrons. The highest BCUT2D eigenvalue weighted by atomic mass is 79.9. The van der Waals surface area contributed by atoms with Crippen LogP contribution < -0.4 is 10.5 Å². The average molecular weight is 270 g/mol. The van der Waals surface area contributed by atoms with E-state index in [9.17, 15) is 0 Å². The minimum atomic E-state index is 0.560. The third-order valence-corrected chi connectivity index (χ3v) is 3.52. The van der Waals surface area contributed by atoms with Gasteiger partial charge in [0.2, 0.25) is 0 Å². The van der Waals surface area contributed by atoms with Crippen LogP contribution in [0.15, 0.2) is 22.7 Å². The predicted octanol–water partition coefficient (Wildman–Crippen LogP) is 3.05. The van der Waals surface area contributed by atoms with Gasteiger partial charge in [0.1, 0.15) is 5.75 Å². The maximum atomic E-state index is 5.77. The minimum absolute atomic E-state index is 0.560. The lowest BCUT2D eigenvalue weighted by Gasteiger charge is -2.16. The molecule has 1 aliphatic heterocycles. The van der Waals surface area contributed by atoms with Gasteiger partial charge in [-0.3, -0.25) is 0 Å². The van der Waals surface area contributed by atoms with Crippen molar-refractivity contribution in [3.8, 4) is 5.75 Å². The Labute approximate surface area is 98.9 Å². The van der Waals surface area contributed by atoms with E-state index in [2.05, 4.69) is 28.1 Å². The summed E-state index contributed by atoms with van der Waals surface area (Å²) in [6, 6.07) is 6.26. The van der Waals surface area contributed by atoms with Gasteiger partial charge < -0.3 is 10.5 Å². The SMILES string of the molecule is NCCC1CCCOc2c(Br)cccc21. The summed E-state index contributed by atoms with van der Waals surface area (Å²) in [5, 5.41) is 0. The first kappa shape index (κ1) is 11.0. The molecule has 1 unspecified atom stereocenters. The molecule has 82 valence electrons. The van der Waals surface area contributed by atoms with Crippen molar-refractivity contribution < 1.29 is 4.74 Å². The van der Waals surface area contributed by atoms with Crippen LogP contribution in [0.4, 0.5) is 0 Å². The predicted molar refractivity (Wildman–Crippen MR) is 65.3 cm³/mol. The summed E-state index contributed by atoms with van der Waals surface area (Å²) < 4.78 is 6.83. The largest absolute Gasteiger partial charge is 0.492 e. The van der Waals surface area contributed by atoms with Gasteiger partial charge in [-0.05, 0) is 59.3 Å². The van der Waals surface area contributed by atoms with Crippen LogP contribution in [0.2, 0.25) is 0 Å². The van der Waals surface area contributed by atoms with E-state index in [4.69, 9.17) is 10.5 Å². The Balaban J connectivity index is 2.36. The molecule has 2 N–H and O–H groups in total. The van der Waals surface area contributed by atoms with Gasteiger partial charge in [0.05, 0.1) is 11.1 Å². The van der Waals surface area contributed by atoms with Crippen LogP contribution in [-0.4, -0.2) is 13.2 Å². The molecule has 0 spiro atoms. The van der Waals surface area contributed by atoms with E-state index < -0.39 is 0 Å². The van der Waals surface area contributed by atoms with Crippen LogP contribution in [0, 0.1) is 0 Å². The number of hydrogen-bond donors (Lipinski definition) is 1. The lowest BCUT2D eigenvalue weighted by Crippen LogP contribution is -2.07. The van der Waals surface area contributed by atoms with E-state index in [0.29, 0.717) is 5.92 Å². The van der Waals surface area contributed by atoms with E-state index in [1.807, 2.05) is 6.07 Å². The van der Waals surface area contributed by atoms with E-state index in [-0.39, 0.29) is 0 Å². The first-order chi connectivity index (χ1) is 7.33. The zero-order valence-electron chi connectivity index (χ0n) is 8.71. The number of benzene rings is 1. The van der Waals surface area contributed by atoms with Crippen LogP contribution in [0.3, 0.4) is 0 Å². The molecule has 0 saturated carbocycles. The van der Waals surface area contributed by atoms with Gasteiger partial charge in [-0.25, -0.2) is 0 Å². The van der Waals surface area contributed by atoms with Gasteiger partial charge in [0.15, 0.2) is 0 Å². The number of ether oxygens (including phenoxy) is 1. The van der Waals surface area contributed by atoms with Crippen molar-refractivity contribution in [2.24, 2.45) is 5.73 Å². The summed E-state index contributed by atoms with van der Waals surface area (Å²) in [6.45, 7) is 1.56. The molecule has 0 fully saturated rings. The lowest BCUT2D eigenvalue weighted by molar-refractivity contribution is 0.314. The number of para-hydroxylation sites is 1. The molecular weight excluding hydrogens is 254 g/mol. The molecule has 2 rings (SSSR count). The average Bonchev–Trinajstić information content (AvgIpc) is 2.43. The monoisotopic (exact) mass is 269 g/mol. The van der Waals surface area contributed by atoms with Gasteiger partial charge in [0.25, 0.3) is 0 Å². The third kappa shape index (κ3) is 2.34. The van der Waals surface area contributed by atoms with Crippen molar-refractivity contribution in [3.63, 3.8) is 0 Å². The highest BCUT2D eigenvalue weighted by Gasteiger charge is 2.20. The van der Waals surface area contributed by atoms with E-state index in [1.165, 1.54) is 12.0 Å². The second-order valence-corrected chi connectivity index (χ2v) is 4.78. The fourth-order valence-electron chi connectivity index (χ4n) is 2.16. The minimum Gasteiger partial charge on any atom is -0.492 e. The zero-order chi connectivity index (χ0) is 10.7. The third-order valence-electron chi connectivity index (χ3n) is 2.90. The molecule has 2 nitrogen and oxygen atoms in total. The highest BCUT2D eigenvalue weighted by molar-refractivity contribution is 9.10. The number of rotatable bonds is 2. The van der Waals surface area contributed by atoms with Crippen molar-refractivity contribution in [2.75, 3.05) is 13.2 Å². The van der Waals surface area contributed by atoms with Crippen LogP contribution in [-0.2, 0) is 0 Å². The Morgan fingerprint density at radius 1 is 1.47 bits per heavy atom. The molecule has 3 heteroatoms. The second kappa shape index (κ2) is 4.99. The van der Waals surface area contributed by atoms with E-state index in [0.717, 1.165) is 36.2 Å². The van der Waals surface area contributed by atoms with Crippen molar-refractivity contribution >= 4 is 15.9 Å². The first-order valence-corrected chi connectivity index (χ1v) is 6.23. The number of nitrogens with two attached hydrogens (primary N) is 1. The molecular formula is C12H16BrNO. The highest BCUT2D eigenvalue weighted by Crippen LogP contribution is 2.39. The number of hydrogen-bond acceptors (Lipinski definition) is 2. The molecule has 1 atom stereocenters. The molecule has 1 heterocycles. The quantitative estimate of drug-likeness (QED) is 0.896. The summed E-state index contributed by atoms with van der Waals surface area (Å²) >= 11 is 3.54. The van der Waals surface area contributed by atoms with Crippen LogP contribution in [0.1, 0.15) is 30.7 Å². The fourth-order valence-corrected chi connectivity index (χ4v) is 2.66. The molecule has 0 amide bonds. The zero-order valence-corrected chi connectivity index (χ0v) is 10.3. The standard InChI is InChI=1S/C12H16BrNO/c13-11-5-1-4-10-9(6-7-14)3-2-8-15-12(10)11/h1,4-5,9H,2-3,6-8,14H2. The number of halogens is 1. The number of fused-ring (bicyclic) bond motifs is 1. The summed E-state index contributed by atoms with van der Waals surface area (Å²) in [5.74, 6) is 1.58. The van der Waals surface area contributed by atoms with Crippen molar-refractivity contribution in [2.45, 2.75) is 25.2 Å². The fraction of sp³-hybridized carbons (Fsp3) is 0.500. The molecule has 0 aromatic heterocycles. The Hall–Kier alpha value is -0.540. The molecule has 0 bridgehead atoms. The Bertz CT molecular complexity index is 340. The summed E-state index contributed by atoms with van der Waals surface area (Å²) in [4.78, 5) is 0. The van der Waals surface area contributed by atoms with E-state index in [1.54, 1.807) is 0 Å². The topological polar surface area (TPSA) is 35.2 Å².